The Hall–Kier alpha value is -2.82. The standard InChI is InChI=1S/C20H18FN5O2S2/c21-17-9-5-4-6-15(17)14-29-20-11-10-18-23-24-19(26(18)25-20)12-13-22-30(27,28)16-7-2-1-3-8-16/h1-11,22H,12-14H2. The van der Waals surface area contributed by atoms with Crippen LogP contribution in [0.2, 0.25) is 0 Å². The maximum atomic E-state index is 13.8. The van der Waals surface area contributed by atoms with Crippen LogP contribution in [-0.2, 0) is 22.2 Å². The van der Waals surface area contributed by atoms with Crippen LogP contribution in [0, 0.1) is 5.82 Å². The molecule has 1 N–H and O–H groups in total. The van der Waals surface area contributed by atoms with Gasteiger partial charge in [-0.05, 0) is 35.9 Å². The molecule has 4 aromatic rings. The Morgan fingerprint density at radius 2 is 1.73 bits per heavy atom. The number of fused-ring (bicyclic) bond motifs is 1. The number of halogens is 1. The van der Waals surface area contributed by atoms with Crippen molar-refractivity contribution in [3.8, 4) is 0 Å². The van der Waals surface area contributed by atoms with Crippen molar-refractivity contribution in [2.75, 3.05) is 6.54 Å². The van der Waals surface area contributed by atoms with Crippen LogP contribution in [0.3, 0.4) is 0 Å². The molecule has 0 radical (unpaired) electrons. The molecule has 0 bridgehead atoms. The van der Waals surface area contributed by atoms with E-state index in [-0.39, 0.29) is 17.3 Å². The summed E-state index contributed by atoms with van der Waals surface area (Å²) < 4.78 is 42.6. The molecule has 0 aliphatic rings. The van der Waals surface area contributed by atoms with E-state index in [4.69, 9.17) is 0 Å². The maximum Gasteiger partial charge on any atom is 0.240 e. The Bertz CT molecular complexity index is 1260. The number of rotatable bonds is 8. The van der Waals surface area contributed by atoms with Gasteiger partial charge in [-0.1, -0.05) is 48.2 Å². The van der Waals surface area contributed by atoms with Crippen molar-refractivity contribution in [1.29, 1.82) is 0 Å². The molecule has 0 fully saturated rings. The predicted octanol–water partition coefficient (Wildman–Crippen LogP) is 3.08. The summed E-state index contributed by atoms with van der Waals surface area (Å²) in [7, 11) is -3.59. The molecule has 154 valence electrons. The average Bonchev–Trinajstić information content (AvgIpc) is 3.16. The van der Waals surface area contributed by atoms with Crippen LogP contribution in [0.4, 0.5) is 4.39 Å². The number of aromatic nitrogens is 4. The second-order valence-electron chi connectivity index (χ2n) is 6.40. The van der Waals surface area contributed by atoms with Gasteiger partial charge in [0.15, 0.2) is 11.5 Å². The summed E-state index contributed by atoms with van der Waals surface area (Å²) >= 11 is 1.40. The molecule has 0 spiro atoms. The smallest absolute Gasteiger partial charge is 0.211 e. The number of thioether (sulfide) groups is 1. The fourth-order valence-corrected chi connectivity index (χ4v) is 4.69. The van der Waals surface area contributed by atoms with Crippen LogP contribution in [0.25, 0.3) is 5.65 Å². The Balaban J connectivity index is 1.43. The van der Waals surface area contributed by atoms with Gasteiger partial charge in [0.05, 0.1) is 4.90 Å². The zero-order valence-electron chi connectivity index (χ0n) is 15.8. The minimum absolute atomic E-state index is 0.159. The topological polar surface area (TPSA) is 89.2 Å². The molecule has 0 aliphatic heterocycles. The van der Waals surface area contributed by atoms with E-state index in [2.05, 4.69) is 20.0 Å². The van der Waals surface area contributed by atoms with E-state index in [1.165, 1.54) is 30.0 Å². The third kappa shape index (κ3) is 4.66. The Morgan fingerprint density at radius 1 is 0.967 bits per heavy atom. The monoisotopic (exact) mass is 443 g/mol. The zero-order valence-corrected chi connectivity index (χ0v) is 17.4. The molecule has 0 saturated carbocycles. The van der Waals surface area contributed by atoms with E-state index in [0.29, 0.717) is 34.2 Å². The zero-order chi connectivity index (χ0) is 21.0. The first-order valence-electron chi connectivity index (χ1n) is 9.15. The van der Waals surface area contributed by atoms with E-state index in [0.717, 1.165) is 0 Å². The van der Waals surface area contributed by atoms with E-state index in [9.17, 15) is 12.8 Å². The summed E-state index contributed by atoms with van der Waals surface area (Å²) in [6, 6.07) is 18.4. The first-order valence-corrected chi connectivity index (χ1v) is 11.6. The second-order valence-corrected chi connectivity index (χ2v) is 9.16. The molecule has 2 aromatic heterocycles. The van der Waals surface area contributed by atoms with Gasteiger partial charge in [-0.2, -0.15) is 9.61 Å². The summed E-state index contributed by atoms with van der Waals surface area (Å²) in [5, 5.41) is 13.4. The van der Waals surface area contributed by atoms with Gasteiger partial charge in [0.25, 0.3) is 0 Å². The van der Waals surface area contributed by atoms with Crippen molar-refractivity contribution in [3.63, 3.8) is 0 Å². The second kappa shape index (κ2) is 8.90. The van der Waals surface area contributed by atoms with E-state index >= 15 is 0 Å². The fraction of sp³-hybridized carbons (Fsp3) is 0.150. The van der Waals surface area contributed by atoms with Gasteiger partial charge >= 0.3 is 0 Å². The lowest BCUT2D eigenvalue weighted by Crippen LogP contribution is -2.26. The van der Waals surface area contributed by atoms with Crippen molar-refractivity contribution in [3.05, 3.63) is 83.9 Å². The molecule has 2 heterocycles. The maximum absolute atomic E-state index is 13.8. The molecule has 0 saturated heterocycles. The third-order valence-electron chi connectivity index (χ3n) is 4.33. The Morgan fingerprint density at radius 3 is 2.53 bits per heavy atom. The highest BCUT2D eigenvalue weighted by atomic mass is 32.2. The highest BCUT2D eigenvalue weighted by molar-refractivity contribution is 7.98. The number of hydrogen-bond acceptors (Lipinski definition) is 6. The molecule has 0 atom stereocenters. The molecule has 10 heteroatoms. The number of sulfonamides is 1. The van der Waals surface area contributed by atoms with Crippen LogP contribution in [0.1, 0.15) is 11.4 Å². The largest absolute Gasteiger partial charge is 0.240 e. The number of benzene rings is 2. The summed E-state index contributed by atoms with van der Waals surface area (Å²) in [5.41, 5.74) is 1.16. The van der Waals surface area contributed by atoms with Crippen molar-refractivity contribution in [2.45, 2.75) is 22.1 Å². The minimum Gasteiger partial charge on any atom is -0.211 e. The van der Waals surface area contributed by atoms with Gasteiger partial charge < -0.3 is 0 Å². The van der Waals surface area contributed by atoms with E-state index < -0.39 is 10.0 Å². The average molecular weight is 444 g/mol. The molecule has 0 amide bonds. The fourth-order valence-electron chi connectivity index (χ4n) is 2.80. The van der Waals surface area contributed by atoms with Gasteiger partial charge in [-0.25, -0.2) is 17.5 Å². The highest BCUT2D eigenvalue weighted by Crippen LogP contribution is 2.22. The molecule has 4 rings (SSSR count). The molecule has 7 nitrogen and oxygen atoms in total. The summed E-state index contributed by atoms with van der Waals surface area (Å²) in [5.74, 6) is 0.732. The highest BCUT2D eigenvalue weighted by Gasteiger charge is 2.14. The normalized spacial score (nSPS) is 11.8. The molecule has 0 unspecified atom stereocenters. The minimum atomic E-state index is -3.59. The Kier molecular flexibility index (Phi) is 6.07. The molecular weight excluding hydrogens is 425 g/mol. The first-order chi connectivity index (χ1) is 14.5. The predicted molar refractivity (Wildman–Crippen MR) is 112 cm³/mol. The van der Waals surface area contributed by atoms with Gasteiger partial charge in [-0.15, -0.1) is 10.2 Å². The van der Waals surface area contributed by atoms with E-state index in [1.807, 2.05) is 0 Å². The van der Waals surface area contributed by atoms with Gasteiger partial charge in [0, 0.05) is 18.7 Å². The lowest BCUT2D eigenvalue weighted by Gasteiger charge is -2.06. The molecule has 30 heavy (non-hydrogen) atoms. The lowest BCUT2D eigenvalue weighted by molar-refractivity contribution is 0.580. The van der Waals surface area contributed by atoms with Crippen molar-refractivity contribution in [1.82, 2.24) is 24.5 Å². The van der Waals surface area contributed by atoms with Crippen LogP contribution in [0.5, 0.6) is 0 Å². The first kappa shape index (κ1) is 20.5. The van der Waals surface area contributed by atoms with Crippen molar-refractivity contribution >= 4 is 27.4 Å². The Labute approximate surface area is 177 Å². The number of nitrogens with zero attached hydrogens (tertiary/aromatic N) is 4. The number of nitrogens with one attached hydrogen (secondary N) is 1. The van der Waals surface area contributed by atoms with Crippen molar-refractivity contribution in [2.24, 2.45) is 0 Å². The number of hydrogen-bond donors (Lipinski definition) is 1. The summed E-state index contributed by atoms with van der Waals surface area (Å²) in [6.45, 7) is 0.159. The SMILES string of the molecule is O=S(=O)(NCCc1nnc2ccc(SCc3ccccc3F)nn12)c1ccccc1. The van der Waals surface area contributed by atoms with Gasteiger partial charge in [-0.3, -0.25) is 0 Å². The molecule has 0 aliphatic carbocycles. The third-order valence-corrected chi connectivity index (χ3v) is 6.78. The summed E-state index contributed by atoms with van der Waals surface area (Å²) in [4.78, 5) is 0.209. The van der Waals surface area contributed by atoms with Crippen LogP contribution in [-0.4, -0.2) is 34.8 Å². The van der Waals surface area contributed by atoms with Crippen LogP contribution < -0.4 is 4.72 Å². The van der Waals surface area contributed by atoms with Crippen molar-refractivity contribution < 1.29 is 12.8 Å². The quantitative estimate of drug-likeness (QED) is 0.421. The van der Waals surface area contributed by atoms with E-state index in [1.54, 1.807) is 53.0 Å². The van der Waals surface area contributed by atoms with Gasteiger partial charge in [0.2, 0.25) is 10.0 Å². The molecular formula is C20H18FN5O2S2. The van der Waals surface area contributed by atoms with Gasteiger partial charge in [0.1, 0.15) is 10.8 Å². The lowest BCUT2D eigenvalue weighted by atomic mass is 10.2. The summed E-state index contributed by atoms with van der Waals surface area (Å²) in [6.07, 6.45) is 0.321. The van der Waals surface area contributed by atoms with Crippen LogP contribution >= 0.6 is 11.8 Å². The molecule has 2 aromatic carbocycles. The van der Waals surface area contributed by atoms with Crippen LogP contribution in [0.15, 0.2) is 76.7 Å².